The highest BCUT2D eigenvalue weighted by Gasteiger charge is 2.27. The molecule has 1 heterocycles. The molecule has 3 rings (SSSR count). The van der Waals surface area contributed by atoms with Crippen LogP contribution >= 0.6 is 0 Å². The lowest BCUT2D eigenvalue weighted by molar-refractivity contribution is -0.128. The molecule has 9 heteroatoms. The van der Waals surface area contributed by atoms with E-state index in [1.165, 1.54) is 4.31 Å². The van der Waals surface area contributed by atoms with Crippen molar-refractivity contribution in [2.24, 2.45) is 0 Å². The largest absolute Gasteiger partial charge is 0.493 e. The van der Waals surface area contributed by atoms with Crippen LogP contribution in [0.25, 0.3) is 0 Å². The first-order chi connectivity index (χ1) is 15.5. The highest BCUT2D eigenvalue weighted by atomic mass is 32.2. The quantitative estimate of drug-likeness (QED) is 0.516. The van der Waals surface area contributed by atoms with E-state index in [2.05, 4.69) is 5.32 Å². The van der Waals surface area contributed by atoms with Crippen molar-refractivity contribution in [1.82, 2.24) is 9.62 Å². The second-order valence-corrected chi connectivity index (χ2v) is 9.33. The number of nitrogens with zero attached hydrogens (tertiary/aromatic N) is 1. The number of para-hydroxylation sites is 2. The predicted octanol–water partition coefficient (Wildman–Crippen LogP) is 2.83. The Kier molecular flexibility index (Phi) is 8.35. The fraction of sp³-hybridized carbons (Fsp3) is 0.435. The number of carbonyl (C=O) groups is 1. The molecule has 2 aromatic carbocycles. The zero-order valence-electron chi connectivity index (χ0n) is 18.5. The van der Waals surface area contributed by atoms with Crippen molar-refractivity contribution in [3.05, 3.63) is 48.5 Å². The van der Waals surface area contributed by atoms with Crippen molar-refractivity contribution in [1.29, 1.82) is 0 Å². The van der Waals surface area contributed by atoms with Gasteiger partial charge in [-0.05, 0) is 55.7 Å². The smallest absolute Gasteiger partial charge is 0.261 e. The van der Waals surface area contributed by atoms with E-state index in [1.54, 1.807) is 43.5 Å². The first-order valence-corrected chi connectivity index (χ1v) is 12.2. The number of nitrogens with one attached hydrogen (secondary N) is 1. The molecule has 0 bridgehead atoms. The maximum atomic E-state index is 12.6. The third-order valence-corrected chi connectivity index (χ3v) is 7.11. The summed E-state index contributed by atoms with van der Waals surface area (Å²) in [5, 5.41) is 2.80. The van der Waals surface area contributed by atoms with Crippen molar-refractivity contribution < 1.29 is 27.4 Å². The highest BCUT2D eigenvalue weighted by Crippen LogP contribution is 2.27. The van der Waals surface area contributed by atoms with Gasteiger partial charge in [-0.15, -0.1) is 0 Å². The first-order valence-electron chi connectivity index (χ1n) is 10.8. The molecule has 0 aliphatic carbocycles. The van der Waals surface area contributed by atoms with Crippen LogP contribution in [0.5, 0.6) is 17.2 Å². The summed E-state index contributed by atoms with van der Waals surface area (Å²) in [5.41, 5.74) is 0. The van der Waals surface area contributed by atoms with Gasteiger partial charge < -0.3 is 19.5 Å². The third-order valence-electron chi connectivity index (χ3n) is 5.20. The third kappa shape index (κ3) is 5.92. The summed E-state index contributed by atoms with van der Waals surface area (Å²) in [6.07, 6.45) is 1.64. The number of sulfonamides is 1. The van der Waals surface area contributed by atoms with E-state index in [9.17, 15) is 13.2 Å². The van der Waals surface area contributed by atoms with Gasteiger partial charge in [0.2, 0.25) is 10.0 Å². The summed E-state index contributed by atoms with van der Waals surface area (Å²) in [6, 6.07) is 13.5. The standard InChI is InChI=1S/C23H30N2O6S/c1-3-20(31-22-9-5-4-8-21(22)29-2)23(26)24-14-17-30-18-10-12-19(13-11-18)32(27,28)25-15-6-7-16-25/h4-5,8-13,20H,3,6-7,14-17H2,1-2H3,(H,24,26). The number of hydrogen-bond acceptors (Lipinski definition) is 6. The number of benzene rings is 2. The van der Waals surface area contributed by atoms with Gasteiger partial charge in [0.25, 0.3) is 5.91 Å². The van der Waals surface area contributed by atoms with E-state index in [0.29, 0.717) is 43.3 Å². The minimum Gasteiger partial charge on any atom is -0.493 e. The predicted molar refractivity (Wildman–Crippen MR) is 121 cm³/mol. The summed E-state index contributed by atoms with van der Waals surface area (Å²) < 4.78 is 43.3. The summed E-state index contributed by atoms with van der Waals surface area (Å²) in [7, 11) is -1.89. The van der Waals surface area contributed by atoms with Gasteiger partial charge in [-0.25, -0.2) is 8.42 Å². The van der Waals surface area contributed by atoms with E-state index in [4.69, 9.17) is 14.2 Å². The molecule has 1 amide bonds. The topological polar surface area (TPSA) is 94.2 Å². The Balaban J connectivity index is 1.46. The molecule has 8 nitrogen and oxygen atoms in total. The lowest BCUT2D eigenvalue weighted by Gasteiger charge is -2.19. The minimum absolute atomic E-state index is 0.242. The molecule has 0 spiro atoms. The monoisotopic (exact) mass is 462 g/mol. The molecule has 1 saturated heterocycles. The van der Waals surface area contributed by atoms with Gasteiger partial charge in [0.15, 0.2) is 17.6 Å². The molecule has 0 saturated carbocycles. The van der Waals surface area contributed by atoms with Gasteiger partial charge in [0, 0.05) is 13.1 Å². The lowest BCUT2D eigenvalue weighted by Crippen LogP contribution is -2.39. The van der Waals surface area contributed by atoms with Crippen molar-refractivity contribution in [2.45, 2.75) is 37.2 Å². The second kappa shape index (κ2) is 11.2. The summed E-state index contributed by atoms with van der Waals surface area (Å²) >= 11 is 0. The molecule has 0 aromatic heterocycles. The Morgan fingerprint density at radius 2 is 1.72 bits per heavy atom. The van der Waals surface area contributed by atoms with Crippen LogP contribution < -0.4 is 19.5 Å². The average Bonchev–Trinajstić information content (AvgIpc) is 3.36. The van der Waals surface area contributed by atoms with Crippen molar-refractivity contribution in [3.63, 3.8) is 0 Å². The Morgan fingerprint density at radius 1 is 1.06 bits per heavy atom. The van der Waals surface area contributed by atoms with Gasteiger partial charge in [0.05, 0.1) is 18.6 Å². The SMILES string of the molecule is CCC(Oc1ccccc1OC)C(=O)NCCOc1ccc(S(=O)(=O)N2CCCC2)cc1. The number of amides is 1. The van der Waals surface area contributed by atoms with Crippen LogP contribution in [0.3, 0.4) is 0 Å². The van der Waals surface area contributed by atoms with E-state index in [-0.39, 0.29) is 17.4 Å². The molecule has 1 N–H and O–H groups in total. The fourth-order valence-electron chi connectivity index (χ4n) is 3.43. The van der Waals surface area contributed by atoms with Gasteiger partial charge in [-0.1, -0.05) is 19.1 Å². The second-order valence-electron chi connectivity index (χ2n) is 7.39. The first kappa shape index (κ1) is 23.9. The average molecular weight is 463 g/mol. The minimum atomic E-state index is -3.44. The molecule has 32 heavy (non-hydrogen) atoms. The number of carbonyl (C=O) groups excluding carboxylic acids is 1. The molecule has 1 aliphatic rings. The fourth-order valence-corrected chi connectivity index (χ4v) is 4.95. The van der Waals surface area contributed by atoms with Gasteiger partial charge in [-0.3, -0.25) is 4.79 Å². The van der Waals surface area contributed by atoms with Gasteiger partial charge in [-0.2, -0.15) is 4.31 Å². The van der Waals surface area contributed by atoms with Crippen LogP contribution in [-0.4, -0.2) is 58.1 Å². The number of ether oxygens (including phenoxy) is 3. The zero-order chi connectivity index (χ0) is 23.0. The Morgan fingerprint density at radius 3 is 2.34 bits per heavy atom. The van der Waals surface area contributed by atoms with Gasteiger partial charge >= 0.3 is 0 Å². The molecule has 1 atom stereocenters. The van der Waals surface area contributed by atoms with Crippen molar-refractivity contribution in [3.8, 4) is 17.2 Å². The van der Waals surface area contributed by atoms with Gasteiger partial charge in [0.1, 0.15) is 12.4 Å². The maximum Gasteiger partial charge on any atom is 0.261 e. The van der Waals surface area contributed by atoms with Crippen LogP contribution in [-0.2, 0) is 14.8 Å². The number of rotatable bonds is 11. The summed E-state index contributed by atoms with van der Waals surface area (Å²) in [5.74, 6) is 1.38. The molecule has 1 aliphatic heterocycles. The normalized spacial score (nSPS) is 15.2. The summed E-state index contributed by atoms with van der Waals surface area (Å²) in [6.45, 7) is 3.54. The molecule has 1 unspecified atom stereocenters. The Labute approximate surface area is 189 Å². The van der Waals surface area contributed by atoms with Crippen LogP contribution in [0.2, 0.25) is 0 Å². The molecule has 1 fully saturated rings. The van der Waals surface area contributed by atoms with E-state index < -0.39 is 16.1 Å². The van der Waals surface area contributed by atoms with Crippen molar-refractivity contribution in [2.75, 3.05) is 33.4 Å². The molecular weight excluding hydrogens is 432 g/mol. The van der Waals surface area contributed by atoms with E-state index >= 15 is 0 Å². The maximum absolute atomic E-state index is 12.6. The highest BCUT2D eigenvalue weighted by molar-refractivity contribution is 7.89. The molecule has 0 radical (unpaired) electrons. The van der Waals surface area contributed by atoms with Crippen LogP contribution in [0.1, 0.15) is 26.2 Å². The van der Waals surface area contributed by atoms with Crippen LogP contribution in [0.15, 0.2) is 53.4 Å². The van der Waals surface area contributed by atoms with E-state index in [0.717, 1.165) is 12.8 Å². The van der Waals surface area contributed by atoms with Crippen molar-refractivity contribution >= 4 is 15.9 Å². The van der Waals surface area contributed by atoms with Crippen LogP contribution in [0, 0.1) is 0 Å². The molecule has 2 aromatic rings. The van der Waals surface area contributed by atoms with E-state index in [1.807, 2.05) is 19.1 Å². The summed E-state index contributed by atoms with van der Waals surface area (Å²) in [4.78, 5) is 12.7. The Bertz CT molecular complexity index is 988. The zero-order valence-corrected chi connectivity index (χ0v) is 19.3. The number of hydrogen-bond donors (Lipinski definition) is 1. The lowest BCUT2D eigenvalue weighted by atomic mass is 10.2. The Hall–Kier alpha value is -2.78. The molecule has 174 valence electrons. The van der Waals surface area contributed by atoms with Crippen LogP contribution in [0.4, 0.5) is 0 Å². The number of methoxy groups -OCH3 is 1. The molecular formula is C23H30N2O6S.